The fraction of sp³-hybridized carbons (Fsp3) is 0.727. The van der Waals surface area contributed by atoms with Crippen LogP contribution in [0.15, 0.2) is 9.59 Å². The summed E-state index contributed by atoms with van der Waals surface area (Å²) in [5, 5.41) is 0. The zero-order chi connectivity index (χ0) is 12.7. The van der Waals surface area contributed by atoms with Crippen LogP contribution in [-0.4, -0.2) is 14.5 Å². The van der Waals surface area contributed by atoms with E-state index < -0.39 is 16.9 Å². The largest absolute Gasteiger partial charge is 0.350 e. The van der Waals surface area contributed by atoms with E-state index in [0.717, 1.165) is 0 Å². The van der Waals surface area contributed by atoms with E-state index in [0.29, 0.717) is 5.82 Å². The molecule has 90 valence electrons. The molecule has 0 aromatic carbocycles. The molecule has 0 fully saturated rings. The van der Waals surface area contributed by atoms with Gasteiger partial charge in [-0.2, -0.15) is 4.98 Å². The topological polar surface area (TPSA) is 67.8 Å². The Kier molecular flexibility index (Phi) is 2.83. The van der Waals surface area contributed by atoms with Crippen molar-refractivity contribution in [3.8, 4) is 0 Å². The molecule has 1 N–H and O–H groups in total. The Morgan fingerprint density at radius 1 is 1.06 bits per heavy atom. The predicted octanol–water partition coefficient (Wildman–Crippen LogP) is 0.984. The number of aromatic nitrogens is 3. The van der Waals surface area contributed by atoms with Gasteiger partial charge in [-0.25, -0.2) is 9.59 Å². The van der Waals surface area contributed by atoms with Crippen molar-refractivity contribution in [3.05, 3.63) is 26.8 Å². The Hall–Kier alpha value is -1.39. The molecule has 5 heteroatoms. The van der Waals surface area contributed by atoms with E-state index >= 15 is 0 Å². The first-order valence-corrected chi connectivity index (χ1v) is 5.28. The van der Waals surface area contributed by atoms with Gasteiger partial charge in [0.15, 0.2) is 0 Å². The van der Waals surface area contributed by atoms with Gasteiger partial charge in [0.2, 0.25) is 0 Å². The molecule has 0 aliphatic heterocycles. The third-order valence-corrected chi connectivity index (χ3v) is 2.18. The Labute approximate surface area is 94.5 Å². The molecule has 0 atom stereocenters. The van der Waals surface area contributed by atoms with Gasteiger partial charge in [0.05, 0.1) is 0 Å². The van der Waals surface area contributed by atoms with Crippen molar-refractivity contribution in [3.63, 3.8) is 0 Å². The van der Waals surface area contributed by atoms with E-state index in [1.807, 2.05) is 41.5 Å². The van der Waals surface area contributed by atoms with Gasteiger partial charge >= 0.3 is 11.4 Å². The quantitative estimate of drug-likeness (QED) is 0.715. The van der Waals surface area contributed by atoms with E-state index in [1.54, 1.807) is 0 Å². The average Bonchev–Trinajstić information content (AvgIpc) is 1.97. The number of H-pyrrole nitrogens is 1. The molecule has 1 rings (SSSR count). The van der Waals surface area contributed by atoms with Crippen LogP contribution in [0.4, 0.5) is 0 Å². The lowest BCUT2D eigenvalue weighted by Crippen LogP contribution is -2.45. The van der Waals surface area contributed by atoms with Gasteiger partial charge in [0.1, 0.15) is 5.82 Å². The SMILES string of the molecule is CC(C)(C)c1nc(=O)[nH]c(=O)n1C(C)(C)C. The first-order valence-electron chi connectivity index (χ1n) is 5.28. The molecule has 0 bridgehead atoms. The van der Waals surface area contributed by atoms with E-state index in [-0.39, 0.29) is 5.41 Å². The molecule has 5 nitrogen and oxygen atoms in total. The lowest BCUT2D eigenvalue weighted by Gasteiger charge is -2.29. The summed E-state index contributed by atoms with van der Waals surface area (Å²) in [6.07, 6.45) is 0. The van der Waals surface area contributed by atoms with E-state index in [9.17, 15) is 9.59 Å². The molecule has 0 radical (unpaired) electrons. The van der Waals surface area contributed by atoms with Gasteiger partial charge in [0, 0.05) is 11.0 Å². The van der Waals surface area contributed by atoms with Crippen LogP contribution >= 0.6 is 0 Å². The minimum atomic E-state index is -0.588. The molecule has 0 saturated heterocycles. The summed E-state index contributed by atoms with van der Waals surface area (Å²) in [7, 11) is 0. The number of nitrogens with zero attached hydrogens (tertiary/aromatic N) is 2. The zero-order valence-electron chi connectivity index (χ0n) is 10.7. The second-order valence-corrected chi connectivity index (χ2v) is 5.93. The Morgan fingerprint density at radius 3 is 1.94 bits per heavy atom. The lowest BCUT2D eigenvalue weighted by atomic mass is 9.93. The first-order chi connectivity index (χ1) is 7.03. The summed E-state index contributed by atoms with van der Waals surface area (Å²) in [5.41, 5.74) is -1.75. The van der Waals surface area contributed by atoms with Crippen molar-refractivity contribution in [1.29, 1.82) is 0 Å². The fourth-order valence-electron chi connectivity index (χ4n) is 1.54. The van der Waals surface area contributed by atoms with Crippen molar-refractivity contribution >= 4 is 0 Å². The zero-order valence-corrected chi connectivity index (χ0v) is 10.7. The molecule has 0 aliphatic carbocycles. The molecule has 0 spiro atoms. The van der Waals surface area contributed by atoms with Crippen LogP contribution in [0.25, 0.3) is 0 Å². The number of rotatable bonds is 0. The number of hydrogen-bond acceptors (Lipinski definition) is 3. The van der Waals surface area contributed by atoms with Crippen LogP contribution in [-0.2, 0) is 11.0 Å². The van der Waals surface area contributed by atoms with E-state index in [4.69, 9.17) is 0 Å². The summed E-state index contributed by atoms with van der Waals surface area (Å²) >= 11 is 0. The van der Waals surface area contributed by atoms with Crippen molar-refractivity contribution in [2.24, 2.45) is 0 Å². The molecule has 1 heterocycles. The predicted molar refractivity (Wildman–Crippen MR) is 62.8 cm³/mol. The first kappa shape index (κ1) is 12.7. The maximum absolute atomic E-state index is 11.8. The smallest absolute Gasteiger partial charge is 0.276 e. The second kappa shape index (κ2) is 3.57. The summed E-state index contributed by atoms with van der Waals surface area (Å²) in [6, 6.07) is 0. The molecule has 1 aromatic rings. The van der Waals surface area contributed by atoms with Crippen LogP contribution in [0, 0.1) is 0 Å². The van der Waals surface area contributed by atoms with Gasteiger partial charge in [-0.05, 0) is 20.8 Å². The molecule has 0 saturated carbocycles. The van der Waals surface area contributed by atoms with Gasteiger partial charge in [-0.1, -0.05) is 20.8 Å². The molecule has 0 aliphatic rings. The van der Waals surface area contributed by atoms with Crippen molar-refractivity contribution in [1.82, 2.24) is 14.5 Å². The third kappa shape index (κ3) is 2.40. The summed E-state index contributed by atoms with van der Waals surface area (Å²) < 4.78 is 1.54. The van der Waals surface area contributed by atoms with Crippen molar-refractivity contribution < 1.29 is 0 Å². The van der Waals surface area contributed by atoms with Crippen LogP contribution in [0.1, 0.15) is 47.4 Å². The second-order valence-electron chi connectivity index (χ2n) is 5.93. The van der Waals surface area contributed by atoms with Crippen molar-refractivity contribution in [2.45, 2.75) is 52.5 Å². The maximum atomic E-state index is 11.8. The molecular formula is C11H19N3O2. The van der Waals surface area contributed by atoms with Gasteiger partial charge in [0.25, 0.3) is 0 Å². The lowest BCUT2D eigenvalue weighted by molar-refractivity contribution is 0.325. The summed E-state index contributed by atoms with van der Waals surface area (Å²) in [5.74, 6) is 0.508. The Bertz CT molecular complexity index is 498. The highest BCUT2D eigenvalue weighted by Gasteiger charge is 2.27. The minimum absolute atomic E-state index is 0.347. The number of hydrogen-bond donors (Lipinski definition) is 1. The summed E-state index contributed by atoms with van der Waals surface area (Å²) in [6.45, 7) is 11.5. The molecule has 0 amide bonds. The van der Waals surface area contributed by atoms with Crippen LogP contribution in [0.5, 0.6) is 0 Å². The Balaban J connectivity index is 3.72. The third-order valence-electron chi connectivity index (χ3n) is 2.18. The molecule has 16 heavy (non-hydrogen) atoms. The number of aromatic amines is 1. The standard InChI is InChI=1S/C11H19N3O2/c1-10(2,3)7-12-8(15)13-9(16)14(7)11(4,5)6/h1-6H3,(H,13,15,16). The fourth-order valence-corrected chi connectivity index (χ4v) is 1.54. The minimum Gasteiger partial charge on any atom is -0.276 e. The van der Waals surface area contributed by atoms with Gasteiger partial charge in [-0.15, -0.1) is 0 Å². The van der Waals surface area contributed by atoms with E-state index in [1.165, 1.54) is 4.57 Å². The van der Waals surface area contributed by atoms with Gasteiger partial charge < -0.3 is 0 Å². The molecule has 1 aromatic heterocycles. The summed E-state index contributed by atoms with van der Waals surface area (Å²) in [4.78, 5) is 29.2. The monoisotopic (exact) mass is 225 g/mol. The Morgan fingerprint density at radius 2 is 1.56 bits per heavy atom. The molecular weight excluding hydrogens is 206 g/mol. The highest BCUT2D eigenvalue weighted by molar-refractivity contribution is 5.04. The van der Waals surface area contributed by atoms with Crippen LogP contribution < -0.4 is 11.4 Å². The van der Waals surface area contributed by atoms with E-state index in [2.05, 4.69) is 9.97 Å². The highest BCUT2D eigenvalue weighted by atomic mass is 16.2. The highest BCUT2D eigenvalue weighted by Crippen LogP contribution is 2.22. The van der Waals surface area contributed by atoms with Crippen LogP contribution in [0.2, 0.25) is 0 Å². The van der Waals surface area contributed by atoms with Crippen LogP contribution in [0.3, 0.4) is 0 Å². The van der Waals surface area contributed by atoms with Gasteiger partial charge in [-0.3, -0.25) is 9.55 Å². The average molecular weight is 225 g/mol. The van der Waals surface area contributed by atoms with Crippen molar-refractivity contribution in [2.75, 3.05) is 0 Å². The maximum Gasteiger partial charge on any atom is 0.350 e. The normalized spacial score (nSPS) is 12.9. The number of nitrogens with one attached hydrogen (secondary N) is 1. The molecule has 0 unspecified atom stereocenters.